The summed E-state index contributed by atoms with van der Waals surface area (Å²) in [5, 5.41) is 3.81. The molecular weight excluding hydrogens is 277 g/mol. The van der Waals surface area contributed by atoms with Gasteiger partial charge in [-0.25, -0.2) is 4.39 Å². The van der Waals surface area contributed by atoms with Crippen LogP contribution >= 0.6 is 11.6 Å². The van der Waals surface area contributed by atoms with Gasteiger partial charge in [0.2, 0.25) is 0 Å². The van der Waals surface area contributed by atoms with Crippen molar-refractivity contribution >= 4 is 17.4 Å². The molecule has 2 aliphatic rings. The average Bonchev–Trinajstić information content (AvgIpc) is 2.86. The summed E-state index contributed by atoms with van der Waals surface area (Å²) in [4.78, 5) is 12.3. The number of fused-ring (bicyclic) bond motifs is 1. The molecule has 20 heavy (non-hydrogen) atoms. The van der Waals surface area contributed by atoms with Crippen LogP contribution in [0.2, 0.25) is 5.02 Å². The van der Waals surface area contributed by atoms with Crippen molar-refractivity contribution in [2.75, 3.05) is 0 Å². The van der Waals surface area contributed by atoms with Crippen molar-refractivity contribution in [1.82, 2.24) is 5.32 Å². The molecule has 4 heteroatoms. The van der Waals surface area contributed by atoms with Crippen molar-refractivity contribution in [2.24, 2.45) is 5.92 Å². The summed E-state index contributed by atoms with van der Waals surface area (Å²) in [7, 11) is 0. The molecule has 0 spiro atoms. The molecule has 3 atom stereocenters. The summed E-state index contributed by atoms with van der Waals surface area (Å²) >= 11 is 5.73. The van der Waals surface area contributed by atoms with Crippen molar-refractivity contribution in [1.29, 1.82) is 0 Å². The van der Waals surface area contributed by atoms with Crippen LogP contribution in [0.3, 0.4) is 0 Å². The molecule has 1 aromatic carbocycles. The van der Waals surface area contributed by atoms with Gasteiger partial charge in [-0.3, -0.25) is 4.79 Å². The molecule has 108 valence electrons. The highest BCUT2D eigenvalue weighted by Crippen LogP contribution is 2.33. The molecule has 0 radical (unpaired) electrons. The predicted molar refractivity (Wildman–Crippen MR) is 77.4 cm³/mol. The molecule has 1 aromatic rings. The number of Topliss-reactive ketones (excluding diaryl/α,β-unsaturated/α-hetero) is 1. The van der Waals surface area contributed by atoms with Crippen LogP contribution in [0, 0.1) is 11.7 Å². The quantitative estimate of drug-likeness (QED) is 0.924. The SMILES string of the molecule is O=C(Cc1ccc(Cl)cc1F)C1CC2CCCCC2N1. The zero-order valence-corrected chi connectivity index (χ0v) is 12.1. The van der Waals surface area contributed by atoms with Gasteiger partial charge in [0.1, 0.15) is 5.82 Å². The molecule has 1 aliphatic heterocycles. The highest BCUT2D eigenvalue weighted by molar-refractivity contribution is 6.30. The molecule has 3 unspecified atom stereocenters. The summed E-state index contributed by atoms with van der Waals surface area (Å²) in [5.41, 5.74) is 0.441. The summed E-state index contributed by atoms with van der Waals surface area (Å²) in [6.45, 7) is 0. The number of carbonyl (C=O) groups excluding carboxylic acids is 1. The van der Waals surface area contributed by atoms with Crippen LogP contribution in [0.25, 0.3) is 0 Å². The van der Waals surface area contributed by atoms with Gasteiger partial charge in [-0.05, 0) is 42.9 Å². The smallest absolute Gasteiger partial charge is 0.154 e. The lowest BCUT2D eigenvalue weighted by Crippen LogP contribution is -2.37. The Hall–Kier alpha value is -0.930. The summed E-state index contributed by atoms with van der Waals surface area (Å²) in [6.07, 6.45) is 5.98. The van der Waals surface area contributed by atoms with E-state index in [1.54, 1.807) is 12.1 Å². The summed E-state index contributed by atoms with van der Waals surface area (Å²) in [5.74, 6) is 0.342. The Bertz CT molecular complexity index is 505. The van der Waals surface area contributed by atoms with Crippen LogP contribution in [0.15, 0.2) is 18.2 Å². The second-order valence-corrected chi connectivity index (χ2v) is 6.42. The molecule has 1 N–H and O–H groups in total. The molecule has 1 saturated heterocycles. The van der Waals surface area contributed by atoms with Crippen LogP contribution in [0.4, 0.5) is 4.39 Å². The van der Waals surface area contributed by atoms with Gasteiger partial charge in [0.15, 0.2) is 5.78 Å². The molecule has 0 aromatic heterocycles. The minimum Gasteiger partial charge on any atom is -0.304 e. The number of halogens is 2. The minimum atomic E-state index is -0.388. The fraction of sp³-hybridized carbons (Fsp3) is 0.562. The average molecular weight is 296 g/mol. The van der Waals surface area contributed by atoms with Gasteiger partial charge in [-0.15, -0.1) is 0 Å². The predicted octanol–water partition coefficient (Wildman–Crippen LogP) is 3.51. The first kappa shape index (κ1) is 14.0. The number of carbonyl (C=O) groups is 1. The Kier molecular flexibility index (Phi) is 4.08. The first-order valence-electron chi connectivity index (χ1n) is 7.36. The van der Waals surface area contributed by atoms with E-state index in [9.17, 15) is 9.18 Å². The number of ketones is 1. The maximum Gasteiger partial charge on any atom is 0.154 e. The van der Waals surface area contributed by atoms with E-state index >= 15 is 0 Å². The van der Waals surface area contributed by atoms with Gasteiger partial charge in [0.05, 0.1) is 6.04 Å². The van der Waals surface area contributed by atoms with E-state index in [4.69, 9.17) is 11.6 Å². The molecular formula is C16H19ClFNO. The van der Waals surface area contributed by atoms with Crippen LogP contribution in [-0.4, -0.2) is 17.9 Å². The van der Waals surface area contributed by atoms with Crippen molar-refractivity contribution in [3.8, 4) is 0 Å². The van der Waals surface area contributed by atoms with Gasteiger partial charge in [0.25, 0.3) is 0 Å². The Labute approximate surface area is 123 Å². The monoisotopic (exact) mass is 295 g/mol. The van der Waals surface area contributed by atoms with E-state index < -0.39 is 0 Å². The third-order valence-corrected chi connectivity index (χ3v) is 4.87. The second-order valence-electron chi connectivity index (χ2n) is 5.98. The first-order valence-corrected chi connectivity index (χ1v) is 7.74. The lowest BCUT2D eigenvalue weighted by molar-refractivity contribution is -0.120. The highest BCUT2D eigenvalue weighted by Gasteiger charge is 2.37. The molecule has 1 saturated carbocycles. The van der Waals surface area contributed by atoms with Gasteiger partial charge in [-0.2, -0.15) is 0 Å². The third-order valence-electron chi connectivity index (χ3n) is 4.63. The van der Waals surface area contributed by atoms with E-state index in [1.807, 2.05) is 0 Å². The van der Waals surface area contributed by atoms with Crippen LogP contribution in [0.1, 0.15) is 37.7 Å². The van der Waals surface area contributed by atoms with Gasteiger partial charge in [0, 0.05) is 17.5 Å². The number of benzene rings is 1. The number of nitrogens with one attached hydrogen (secondary N) is 1. The van der Waals surface area contributed by atoms with Crippen molar-refractivity contribution in [3.63, 3.8) is 0 Å². The normalized spacial score (nSPS) is 29.2. The lowest BCUT2D eigenvalue weighted by atomic mass is 9.84. The Morgan fingerprint density at radius 2 is 2.15 bits per heavy atom. The van der Waals surface area contributed by atoms with Gasteiger partial charge in [-0.1, -0.05) is 30.5 Å². The van der Waals surface area contributed by atoms with Gasteiger partial charge < -0.3 is 5.32 Å². The van der Waals surface area contributed by atoms with Crippen molar-refractivity contribution in [3.05, 3.63) is 34.6 Å². The van der Waals surface area contributed by atoms with Gasteiger partial charge >= 0.3 is 0 Å². The van der Waals surface area contributed by atoms with Crippen LogP contribution < -0.4 is 5.32 Å². The first-order chi connectivity index (χ1) is 9.63. The Balaban J connectivity index is 1.65. The molecule has 1 aliphatic carbocycles. The highest BCUT2D eigenvalue weighted by atomic mass is 35.5. The Morgan fingerprint density at radius 3 is 2.90 bits per heavy atom. The molecule has 3 rings (SSSR count). The fourth-order valence-electron chi connectivity index (χ4n) is 3.54. The zero-order valence-electron chi connectivity index (χ0n) is 11.4. The van der Waals surface area contributed by atoms with E-state index in [-0.39, 0.29) is 24.1 Å². The zero-order chi connectivity index (χ0) is 14.1. The van der Waals surface area contributed by atoms with Crippen molar-refractivity contribution in [2.45, 2.75) is 50.6 Å². The van der Waals surface area contributed by atoms with E-state index in [0.29, 0.717) is 22.5 Å². The van der Waals surface area contributed by atoms with E-state index in [1.165, 1.54) is 31.7 Å². The summed E-state index contributed by atoms with van der Waals surface area (Å²) in [6, 6.07) is 4.91. The minimum absolute atomic E-state index is 0.0978. The summed E-state index contributed by atoms with van der Waals surface area (Å²) < 4.78 is 13.7. The number of hydrogen-bond acceptors (Lipinski definition) is 2. The third kappa shape index (κ3) is 2.89. The molecule has 0 amide bonds. The van der Waals surface area contributed by atoms with Crippen LogP contribution in [0.5, 0.6) is 0 Å². The molecule has 2 fully saturated rings. The molecule has 0 bridgehead atoms. The Morgan fingerprint density at radius 1 is 1.35 bits per heavy atom. The van der Waals surface area contributed by atoms with E-state index in [0.717, 1.165) is 6.42 Å². The maximum atomic E-state index is 13.7. The van der Waals surface area contributed by atoms with Crippen molar-refractivity contribution < 1.29 is 9.18 Å². The number of rotatable bonds is 3. The standard InChI is InChI=1S/C16H19ClFNO/c17-12-6-5-10(13(18)9-12)8-16(20)15-7-11-3-1-2-4-14(11)19-15/h5-6,9,11,14-15,19H,1-4,7-8H2. The largest absolute Gasteiger partial charge is 0.304 e. The molecule has 1 heterocycles. The molecule has 2 nitrogen and oxygen atoms in total. The fourth-order valence-corrected chi connectivity index (χ4v) is 3.70. The lowest BCUT2D eigenvalue weighted by Gasteiger charge is -2.24. The van der Waals surface area contributed by atoms with E-state index in [2.05, 4.69) is 5.32 Å². The second kappa shape index (κ2) is 5.82. The topological polar surface area (TPSA) is 29.1 Å². The maximum absolute atomic E-state index is 13.7. The number of hydrogen-bond donors (Lipinski definition) is 1. The van der Waals surface area contributed by atoms with Crippen LogP contribution in [-0.2, 0) is 11.2 Å².